The summed E-state index contributed by atoms with van der Waals surface area (Å²) >= 11 is 0. The molecule has 1 heterocycles. The second-order valence-electron chi connectivity index (χ2n) is 5.03. The number of rotatable bonds is 4. The molecule has 0 amide bonds. The number of aldehydes is 1. The second kappa shape index (κ2) is 6.49. The van der Waals surface area contributed by atoms with E-state index in [2.05, 4.69) is 15.5 Å². The fourth-order valence-corrected chi connectivity index (χ4v) is 2.36. The maximum Gasteiger partial charge on any atom is 0.169 e. The van der Waals surface area contributed by atoms with E-state index in [1.165, 1.54) is 53.2 Å². The second-order valence-corrected chi connectivity index (χ2v) is 5.03. The van der Waals surface area contributed by atoms with Gasteiger partial charge in [-0.15, -0.1) is 5.10 Å². The van der Waals surface area contributed by atoms with E-state index in [9.17, 15) is 13.6 Å². The quantitative estimate of drug-likeness (QED) is 0.546. The molecule has 0 atom stereocenters. The van der Waals surface area contributed by atoms with Crippen LogP contribution in [0.2, 0.25) is 0 Å². The highest BCUT2D eigenvalue weighted by molar-refractivity contribution is 6.14. The molecule has 0 aliphatic heterocycles. The Hall–Kier alpha value is -3.22. The third-order valence-electron chi connectivity index (χ3n) is 3.49. The summed E-state index contributed by atoms with van der Waals surface area (Å²) in [5.41, 5.74) is 1.82. The first kappa shape index (κ1) is 15.7. The van der Waals surface area contributed by atoms with Crippen molar-refractivity contribution in [3.63, 3.8) is 0 Å². The van der Waals surface area contributed by atoms with Crippen LogP contribution in [0.15, 0.2) is 48.5 Å². The van der Waals surface area contributed by atoms with Gasteiger partial charge in [0.1, 0.15) is 17.3 Å². The lowest BCUT2D eigenvalue weighted by Crippen LogP contribution is -2.07. The Bertz CT molecular complexity index is 852. The van der Waals surface area contributed by atoms with Gasteiger partial charge in [0.25, 0.3) is 0 Å². The van der Waals surface area contributed by atoms with E-state index in [1.807, 2.05) is 0 Å². The van der Waals surface area contributed by atoms with Gasteiger partial charge < -0.3 is 0 Å². The topological polar surface area (TPSA) is 60.7 Å². The molecule has 0 fully saturated rings. The van der Waals surface area contributed by atoms with Crippen molar-refractivity contribution >= 4 is 17.6 Å². The van der Waals surface area contributed by atoms with Gasteiger partial charge in [-0.1, -0.05) is 24.3 Å². The van der Waals surface area contributed by atoms with Gasteiger partial charge in [-0.05, 0) is 52.7 Å². The van der Waals surface area contributed by atoms with Crippen molar-refractivity contribution in [2.45, 2.75) is 6.92 Å². The van der Waals surface area contributed by atoms with Crippen LogP contribution in [-0.4, -0.2) is 26.5 Å². The summed E-state index contributed by atoms with van der Waals surface area (Å²) in [6, 6.07) is 11.3. The minimum Gasteiger partial charge on any atom is -0.296 e. The molecule has 0 radical (unpaired) electrons. The number of carbonyl (C=O) groups is 1. The van der Waals surface area contributed by atoms with Crippen molar-refractivity contribution in [3.05, 3.63) is 77.1 Å². The average molecular weight is 326 g/mol. The summed E-state index contributed by atoms with van der Waals surface area (Å²) in [6.07, 6.45) is 0.616. The highest BCUT2D eigenvalue weighted by Gasteiger charge is 2.16. The van der Waals surface area contributed by atoms with Gasteiger partial charge in [0, 0.05) is 5.57 Å². The number of aromatic nitrogens is 4. The summed E-state index contributed by atoms with van der Waals surface area (Å²) in [7, 11) is 0. The Morgan fingerprint density at radius 3 is 1.83 bits per heavy atom. The van der Waals surface area contributed by atoms with Crippen LogP contribution in [0.4, 0.5) is 8.78 Å². The maximum absolute atomic E-state index is 13.3. The summed E-state index contributed by atoms with van der Waals surface area (Å²) in [6.45, 7) is 1.65. The van der Waals surface area contributed by atoms with Crippen LogP contribution in [0.25, 0.3) is 11.3 Å². The van der Waals surface area contributed by atoms with Crippen LogP contribution in [0.3, 0.4) is 0 Å². The van der Waals surface area contributed by atoms with Crippen molar-refractivity contribution in [2.75, 3.05) is 0 Å². The molecule has 0 N–H and O–H groups in total. The maximum atomic E-state index is 13.3. The summed E-state index contributed by atoms with van der Waals surface area (Å²) in [4.78, 5) is 11.8. The fraction of sp³-hybridized carbons (Fsp3) is 0.0588. The molecule has 0 saturated heterocycles. The number of aryl methyl sites for hydroxylation is 1. The van der Waals surface area contributed by atoms with Crippen LogP contribution >= 0.6 is 0 Å². The number of benzene rings is 2. The molecule has 0 aliphatic carbocycles. The van der Waals surface area contributed by atoms with E-state index < -0.39 is 11.6 Å². The minimum atomic E-state index is -0.400. The third-order valence-corrected chi connectivity index (χ3v) is 3.49. The molecule has 24 heavy (non-hydrogen) atoms. The molecule has 0 spiro atoms. The first-order valence-corrected chi connectivity index (χ1v) is 7.07. The molecule has 3 rings (SSSR count). The number of nitrogens with zero attached hydrogens (tertiary/aromatic N) is 4. The lowest BCUT2D eigenvalue weighted by atomic mass is 9.96. The molecule has 0 aliphatic rings. The van der Waals surface area contributed by atoms with E-state index >= 15 is 0 Å². The Morgan fingerprint density at radius 2 is 1.46 bits per heavy atom. The molecule has 0 saturated carbocycles. The average Bonchev–Trinajstić information content (AvgIpc) is 3.01. The molecule has 3 aromatic rings. The third kappa shape index (κ3) is 2.96. The number of allylic oxidation sites excluding steroid dienone is 1. The largest absolute Gasteiger partial charge is 0.296 e. The molecule has 1 aromatic heterocycles. The number of tetrazole rings is 1. The predicted octanol–water partition coefficient (Wildman–Crippen LogP) is 2.88. The van der Waals surface area contributed by atoms with Crippen molar-refractivity contribution < 1.29 is 13.6 Å². The first-order chi connectivity index (χ1) is 11.6. The van der Waals surface area contributed by atoms with Crippen molar-refractivity contribution in [1.82, 2.24) is 20.2 Å². The van der Waals surface area contributed by atoms with Crippen LogP contribution in [0.1, 0.15) is 17.0 Å². The van der Waals surface area contributed by atoms with Gasteiger partial charge in [-0.25, -0.2) is 8.78 Å². The number of carbonyl (C=O) groups excluding carboxylic acids is 1. The number of hydrogen-bond donors (Lipinski definition) is 0. The standard InChI is InChI=1S/C17H12F2N4O/c1-11-20-21-22-23(11)16(10-24)17(12-2-6-14(18)7-3-12)13-4-8-15(19)9-5-13/h2-10H,1H3. The molecular formula is C17H12F2N4O. The molecule has 0 bridgehead atoms. The van der Waals surface area contributed by atoms with Crippen LogP contribution in [0, 0.1) is 18.6 Å². The summed E-state index contributed by atoms with van der Waals surface area (Å²) in [5.74, 6) is -0.384. The van der Waals surface area contributed by atoms with E-state index in [1.54, 1.807) is 6.92 Å². The van der Waals surface area contributed by atoms with Gasteiger partial charge in [-0.2, -0.15) is 4.68 Å². The summed E-state index contributed by atoms with van der Waals surface area (Å²) < 4.78 is 27.8. The first-order valence-electron chi connectivity index (χ1n) is 7.07. The van der Waals surface area contributed by atoms with Crippen LogP contribution < -0.4 is 0 Å². The molecular weight excluding hydrogens is 314 g/mol. The normalized spacial score (nSPS) is 10.5. The van der Waals surface area contributed by atoms with Gasteiger partial charge in [-0.3, -0.25) is 4.79 Å². The van der Waals surface area contributed by atoms with E-state index in [0.717, 1.165) is 0 Å². The zero-order valence-electron chi connectivity index (χ0n) is 12.6. The van der Waals surface area contributed by atoms with Gasteiger partial charge >= 0.3 is 0 Å². The number of halogens is 2. The highest BCUT2D eigenvalue weighted by Crippen LogP contribution is 2.29. The SMILES string of the molecule is Cc1nnnn1C(C=O)=C(c1ccc(F)cc1)c1ccc(F)cc1. The zero-order valence-corrected chi connectivity index (χ0v) is 12.6. The Balaban J connectivity index is 2.30. The lowest BCUT2D eigenvalue weighted by Gasteiger charge is -2.13. The van der Waals surface area contributed by atoms with Crippen molar-refractivity contribution in [2.24, 2.45) is 0 Å². The van der Waals surface area contributed by atoms with E-state index in [4.69, 9.17) is 0 Å². The van der Waals surface area contributed by atoms with Crippen LogP contribution in [-0.2, 0) is 4.79 Å². The fourth-order valence-electron chi connectivity index (χ4n) is 2.36. The predicted molar refractivity (Wildman–Crippen MR) is 83.6 cm³/mol. The monoisotopic (exact) mass is 326 g/mol. The summed E-state index contributed by atoms with van der Waals surface area (Å²) in [5, 5.41) is 11.1. The van der Waals surface area contributed by atoms with Crippen LogP contribution in [0.5, 0.6) is 0 Å². The van der Waals surface area contributed by atoms with Gasteiger partial charge in [0.15, 0.2) is 12.1 Å². The smallest absolute Gasteiger partial charge is 0.169 e. The van der Waals surface area contributed by atoms with E-state index in [-0.39, 0.29) is 5.70 Å². The van der Waals surface area contributed by atoms with Gasteiger partial charge in [0.05, 0.1) is 0 Å². The Labute approximate surface area is 136 Å². The minimum absolute atomic E-state index is 0.177. The van der Waals surface area contributed by atoms with E-state index in [0.29, 0.717) is 28.8 Å². The van der Waals surface area contributed by atoms with Crippen molar-refractivity contribution in [1.29, 1.82) is 0 Å². The molecule has 5 nitrogen and oxygen atoms in total. The lowest BCUT2D eigenvalue weighted by molar-refractivity contribution is -0.103. The highest BCUT2D eigenvalue weighted by atomic mass is 19.1. The molecule has 2 aromatic carbocycles. The molecule has 120 valence electrons. The van der Waals surface area contributed by atoms with Gasteiger partial charge in [0.2, 0.25) is 0 Å². The Morgan fingerprint density at radius 1 is 0.958 bits per heavy atom. The molecule has 0 unspecified atom stereocenters. The molecule has 7 heteroatoms. The van der Waals surface area contributed by atoms with Crippen molar-refractivity contribution in [3.8, 4) is 0 Å². The Kier molecular flexibility index (Phi) is 4.24. The number of hydrogen-bond acceptors (Lipinski definition) is 4. The zero-order chi connectivity index (χ0) is 17.1.